The molecule has 0 saturated heterocycles. The van der Waals surface area contributed by atoms with Gasteiger partial charge in [-0.2, -0.15) is 8.78 Å². The predicted octanol–water partition coefficient (Wildman–Crippen LogP) is 2.90. The number of rotatable bonds is 9. The van der Waals surface area contributed by atoms with Crippen molar-refractivity contribution in [3.63, 3.8) is 0 Å². The number of benzene rings is 1. The van der Waals surface area contributed by atoms with E-state index in [4.69, 9.17) is 10.5 Å². The molecule has 3 atom stereocenters. The smallest absolute Gasteiger partial charge is 0.309 e. The average Bonchev–Trinajstić information content (AvgIpc) is 2.78. The van der Waals surface area contributed by atoms with E-state index in [-0.39, 0.29) is 23.6 Å². The number of Topliss-reactive ketones (excluding diaryl/α,β-unsaturated/α-hetero) is 1. The van der Waals surface area contributed by atoms with Gasteiger partial charge in [0.2, 0.25) is 18.8 Å². The second-order valence-corrected chi connectivity index (χ2v) is 7.64. The number of hydrogen-bond acceptors (Lipinski definition) is 8. The zero-order chi connectivity index (χ0) is 25.1. The van der Waals surface area contributed by atoms with E-state index in [1.54, 1.807) is 0 Å². The molecule has 1 aliphatic heterocycles. The number of amidine groups is 1. The second kappa shape index (κ2) is 9.87. The van der Waals surface area contributed by atoms with Crippen LogP contribution in [0.25, 0.3) is 0 Å². The number of ketones is 1. The molecule has 3 rings (SSSR count). The van der Waals surface area contributed by atoms with Crippen LogP contribution in [0.3, 0.4) is 0 Å². The number of alkyl halides is 4. The molecule has 0 aliphatic carbocycles. The topological polar surface area (TPSA) is 109 Å². The van der Waals surface area contributed by atoms with E-state index >= 15 is 4.39 Å². The summed E-state index contributed by atoms with van der Waals surface area (Å²) in [6, 6.07) is 2.62. The van der Waals surface area contributed by atoms with Gasteiger partial charge >= 0.3 is 5.92 Å². The summed E-state index contributed by atoms with van der Waals surface area (Å²) in [5.41, 5.74) is 3.09. The molecule has 1 aliphatic rings. The van der Waals surface area contributed by atoms with Crippen molar-refractivity contribution in [2.24, 2.45) is 10.7 Å². The highest BCUT2D eigenvalue weighted by Crippen LogP contribution is 2.42. The molecule has 0 spiro atoms. The van der Waals surface area contributed by atoms with E-state index in [0.717, 1.165) is 38.6 Å². The number of methoxy groups -OCH3 is 1. The molecule has 0 saturated carbocycles. The first-order valence-electron chi connectivity index (χ1n) is 9.87. The van der Waals surface area contributed by atoms with Crippen LogP contribution >= 0.6 is 0 Å². The van der Waals surface area contributed by atoms with Crippen LogP contribution in [0.4, 0.5) is 22.0 Å². The maximum atomic E-state index is 15.4. The standard InChI is InChI=1S/C21H21F5N4O4/c1-20(17(24)18(34-19(27)30-20)21(25,26)9-32-2)12-5-11(3-4-13(12)23)6-15(31)14-7-29-16(8-28-14)33-10-22/h3-5,7-8,17-18H,6,9-10H2,1-2H3,(H2,27,30)/t17-,18-,20+/m0/s1. The number of carbonyl (C=O) groups excluding carboxylic acids is 1. The molecule has 184 valence electrons. The Morgan fingerprint density at radius 1 is 1.29 bits per heavy atom. The Hall–Kier alpha value is -3.35. The first-order chi connectivity index (χ1) is 16.0. The number of hydrogen-bond donors (Lipinski definition) is 1. The molecule has 1 aromatic heterocycles. The van der Waals surface area contributed by atoms with Crippen molar-refractivity contribution < 1.29 is 41.0 Å². The van der Waals surface area contributed by atoms with Crippen LogP contribution in [0, 0.1) is 5.82 Å². The molecule has 2 heterocycles. The number of carbonyl (C=O) groups is 1. The lowest BCUT2D eigenvalue weighted by Crippen LogP contribution is -2.57. The Morgan fingerprint density at radius 2 is 2.03 bits per heavy atom. The minimum absolute atomic E-state index is 0.0840. The highest BCUT2D eigenvalue weighted by Gasteiger charge is 2.57. The van der Waals surface area contributed by atoms with Crippen LogP contribution in [0.5, 0.6) is 5.88 Å². The Labute approximate surface area is 191 Å². The predicted molar refractivity (Wildman–Crippen MR) is 109 cm³/mol. The largest absolute Gasteiger partial charge is 0.452 e. The number of aromatic nitrogens is 2. The molecule has 2 N–H and O–H groups in total. The number of aliphatic imine (C=N–C) groups is 1. The van der Waals surface area contributed by atoms with E-state index in [9.17, 15) is 22.4 Å². The Morgan fingerprint density at radius 3 is 2.65 bits per heavy atom. The van der Waals surface area contributed by atoms with Crippen LogP contribution in [-0.2, 0) is 21.4 Å². The van der Waals surface area contributed by atoms with Crippen molar-refractivity contribution in [3.05, 3.63) is 53.2 Å². The van der Waals surface area contributed by atoms with Crippen molar-refractivity contribution in [1.29, 1.82) is 0 Å². The summed E-state index contributed by atoms with van der Waals surface area (Å²) in [6.45, 7) is -1.18. The van der Waals surface area contributed by atoms with Gasteiger partial charge in [-0.1, -0.05) is 6.07 Å². The van der Waals surface area contributed by atoms with Gasteiger partial charge in [0.1, 0.15) is 23.7 Å². The molecule has 0 unspecified atom stereocenters. The maximum absolute atomic E-state index is 15.4. The zero-order valence-electron chi connectivity index (χ0n) is 18.1. The van der Waals surface area contributed by atoms with E-state index in [2.05, 4.69) is 24.4 Å². The van der Waals surface area contributed by atoms with E-state index in [1.807, 2.05) is 0 Å². The molecule has 0 amide bonds. The molecule has 34 heavy (non-hydrogen) atoms. The van der Waals surface area contributed by atoms with Crippen LogP contribution in [0.1, 0.15) is 28.5 Å². The first-order valence-corrected chi connectivity index (χ1v) is 9.87. The van der Waals surface area contributed by atoms with Gasteiger partial charge in [-0.05, 0) is 24.6 Å². The average molecular weight is 488 g/mol. The molecule has 8 nitrogen and oxygen atoms in total. The van der Waals surface area contributed by atoms with E-state index in [0.29, 0.717) is 0 Å². The number of nitrogens with zero attached hydrogens (tertiary/aromatic N) is 3. The summed E-state index contributed by atoms with van der Waals surface area (Å²) in [4.78, 5) is 23.9. The zero-order valence-corrected chi connectivity index (χ0v) is 18.1. The minimum Gasteiger partial charge on any atom is -0.452 e. The minimum atomic E-state index is -3.79. The van der Waals surface area contributed by atoms with E-state index < -0.39 is 60.4 Å². The fraction of sp³-hybridized carbons (Fsp3) is 0.429. The van der Waals surface area contributed by atoms with Crippen LogP contribution < -0.4 is 10.5 Å². The van der Waals surface area contributed by atoms with Crippen LogP contribution in [0.2, 0.25) is 0 Å². The summed E-state index contributed by atoms with van der Waals surface area (Å²) in [6.07, 6.45) is -3.09. The monoisotopic (exact) mass is 488 g/mol. The van der Waals surface area contributed by atoms with Crippen molar-refractivity contribution >= 4 is 11.8 Å². The van der Waals surface area contributed by atoms with Gasteiger partial charge in [0.05, 0.1) is 12.4 Å². The van der Waals surface area contributed by atoms with Gasteiger partial charge in [-0.25, -0.2) is 28.1 Å². The molecule has 13 heteroatoms. The number of nitrogens with two attached hydrogens (primary N) is 1. The molecule has 0 radical (unpaired) electrons. The number of halogens is 5. The molecular formula is C21H21F5N4O4. The highest BCUT2D eigenvalue weighted by molar-refractivity contribution is 5.95. The van der Waals surface area contributed by atoms with Gasteiger partial charge in [0, 0.05) is 19.1 Å². The fourth-order valence-corrected chi connectivity index (χ4v) is 3.52. The van der Waals surface area contributed by atoms with E-state index in [1.165, 1.54) is 6.07 Å². The summed E-state index contributed by atoms with van der Waals surface area (Å²) in [5, 5.41) is 0. The third-order valence-electron chi connectivity index (χ3n) is 5.20. The van der Waals surface area contributed by atoms with Gasteiger partial charge in [0.15, 0.2) is 12.0 Å². The summed E-state index contributed by atoms with van der Waals surface area (Å²) >= 11 is 0. The molecule has 2 aromatic rings. The van der Waals surface area contributed by atoms with Gasteiger partial charge in [0.25, 0.3) is 6.02 Å². The highest BCUT2D eigenvalue weighted by atomic mass is 19.3. The lowest BCUT2D eigenvalue weighted by atomic mass is 9.81. The lowest BCUT2D eigenvalue weighted by Gasteiger charge is -2.41. The van der Waals surface area contributed by atoms with Crippen molar-refractivity contribution in [1.82, 2.24) is 9.97 Å². The van der Waals surface area contributed by atoms with Crippen molar-refractivity contribution in [2.75, 3.05) is 20.6 Å². The van der Waals surface area contributed by atoms with Crippen molar-refractivity contribution in [3.8, 4) is 5.88 Å². The number of ether oxygens (including phenoxy) is 3. The molecule has 0 fully saturated rings. The molecular weight excluding hydrogens is 467 g/mol. The van der Waals surface area contributed by atoms with Crippen molar-refractivity contribution in [2.45, 2.75) is 37.1 Å². The third kappa shape index (κ3) is 5.08. The van der Waals surface area contributed by atoms with Gasteiger partial charge < -0.3 is 19.9 Å². The van der Waals surface area contributed by atoms with Crippen LogP contribution in [0.15, 0.2) is 35.6 Å². The van der Waals surface area contributed by atoms with Crippen LogP contribution in [-0.4, -0.2) is 60.5 Å². The summed E-state index contributed by atoms with van der Waals surface area (Å²) in [7, 11) is 1.01. The Balaban J connectivity index is 1.91. The second-order valence-electron chi connectivity index (χ2n) is 7.64. The normalized spacial score (nSPS) is 22.6. The summed E-state index contributed by atoms with van der Waals surface area (Å²) < 4.78 is 84.9. The lowest BCUT2D eigenvalue weighted by molar-refractivity contribution is -0.174. The molecule has 0 bridgehead atoms. The maximum Gasteiger partial charge on any atom is 0.309 e. The van der Waals surface area contributed by atoms with Gasteiger partial charge in [-0.3, -0.25) is 4.79 Å². The first kappa shape index (κ1) is 25.3. The Kier molecular flexibility index (Phi) is 7.34. The SMILES string of the molecule is COCC(F)(F)[C@H]1OC(N)=N[C@](C)(c2cc(CC(=O)c3cnc(OCF)cn3)ccc2F)[C@H]1F. The fourth-order valence-electron chi connectivity index (χ4n) is 3.52. The molecule has 1 aromatic carbocycles. The van der Waals surface area contributed by atoms with Gasteiger partial charge in [-0.15, -0.1) is 0 Å². The summed E-state index contributed by atoms with van der Waals surface area (Å²) in [5.74, 6) is -5.41. The Bertz CT molecular complexity index is 1070. The third-order valence-corrected chi connectivity index (χ3v) is 5.20. The quantitative estimate of drug-likeness (QED) is 0.427.